The molecule has 5 nitrogen and oxygen atoms in total. The molecule has 0 amide bonds. The normalized spacial score (nSPS) is 12.7. The van der Waals surface area contributed by atoms with Gasteiger partial charge in [-0.05, 0) is 36.8 Å². The Bertz CT molecular complexity index is 808. The molecule has 0 aliphatic carbocycles. The quantitative estimate of drug-likeness (QED) is 0.810. The van der Waals surface area contributed by atoms with E-state index in [0.29, 0.717) is 27.6 Å². The Labute approximate surface area is 147 Å². The maximum absolute atomic E-state index is 12.4. The van der Waals surface area contributed by atoms with Crippen LogP contribution in [0.25, 0.3) is 0 Å². The summed E-state index contributed by atoms with van der Waals surface area (Å²) < 4.78 is 38.1. The van der Waals surface area contributed by atoms with Crippen LogP contribution in [0.1, 0.15) is 24.1 Å². The van der Waals surface area contributed by atoms with Crippen molar-refractivity contribution < 1.29 is 17.9 Å². The van der Waals surface area contributed by atoms with Crippen molar-refractivity contribution in [2.75, 3.05) is 14.2 Å². The molecule has 0 bridgehead atoms. The Morgan fingerprint density at radius 1 is 1.12 bits per heavy atom. The standard InChI is InChI=1S/C17H20ClNO4S/c1-12(15-10-14(22-2)8-9-17(15)23-3)19-24(20,21)11-13-6-4-5-7-16(13)18/h4-10,12,19H,11H2,1-3H3/t12-/m0/s1. The second kappa shape index (κ2) is 7.88. The number of halogens is 1. The molecule has 0 saturated carbocycles. The third kappa shape index (κ3) is 4.63. The van der Waals surface area contributed by atoms with Crippen LogP contribution in [0.4, 0.5) is 0 Å². The summed E-state index contributed by atoms with van der Waals surface area (Å²) in [5.41, 5.74) is 1.25. The summed E-state index contributed by atoms with van der Waals surface area (Å²) in [6.45, 7) is 1.75. The molecular weight excluding hydrogens is 350 g/mol. The molecule has 0 radical (unpaired) electrons. The van der Waals surface area contributed by atoms with Crippen molar-refractivity contribution in [3.8, 4) is 11.5 Å². The molecule has 2 aromatic rings. The van der Waals surface area contributed by atoms with Crippen molar-refractivity contribution in [2.45, 2.75) is 18.7 Å². The zero-order chi connectivity index (χ0) is 17.7. The molecule has 0 unspecified atom stereocenters. The maximum atomic E-state index is 12.4. The molecule has 0 aromatic heterocycles. The monoisotopic (exact) mass is 369 g/mol. The molecule has 0 aliphatic rings. The second-order valence-electron chi connectivity index (χ2n) is 5.30. The molecule has 0 fully saturated rings. The van der Waals surface area contributed by atoms with Gasteiger partial charge in [0.05, 0.1) is 20.0 Å². The van der Waals surface area contributed by atoms with Gasteiger partial charge >= 0.3 is 0 Å². The highest BCUT2D eigenvalue weighted by atomic mass is 35.5. The van der Waals surface area contributed by atoms with Gasteiger partial charge in [-0.25, -0.2) is 13.1 Å². The zero-order valence-electron chi connectivity index (χ0n) is 13.7. The van der Waals surface area contributed by atoms with E-state index in [9.17, 15) is 8.42 Å². The van der Waals surface area contributed by atoms with Crippen LogP contribution < -0.4 is 14.2 Å². The number of hydrogen-bond acceptors (Lipinski definition) is 4. The van der Waals surface area contributed by atoms with E-state index >= 15 is 0 Å². The third-order valence-corrected chi connectivity index (χ3v) is 5.34. The summed E-state index contributed by atoms with van der Waals surface area (Å²) in [5.74, 6) is 1.02. The lowest BCUT2D eigenvalue weighted by Gasteiger charge is -2.18. The lowest BCUT2D eigenvalue weighted by molar-refractivity contribution is 0.395. The first-order valence-electron chi connectivity index (χ1n) is 7.31. The highest BCUT2D eigenvalue weighted by Gasteiger charge is 2.20. The number of methoxy groups -OCH3 is 2. The van der Waals surface area contributed by atoms with Gasteiger partial charge < -0.3 is 9.47 Å². The number of sulfonamides is 1. The van der Waals surface area contributed by atoms with E-state index in [1.54, 1.807) is 56.5 Å². The largest absolute Gasteiger partial charge is 0.497 e. The molecule has 2 aromatic carbocycles. The van der Waals surface area contributed by atoms with Crippen LogP contribution in [0.3, 0.4) is 0 Å². The van der Waals surface area contributed by atoms with Gasteiger partial charge in [0.1, 0.15) is 11.5 Å². The average Bonchev–Trinajstić information content (AvgIpc) is 2.55. The highest BCUT2D eigenvalue weighted by molar-refractivity contribution is 7.88. The summed E-state index contributed by atoms with van der Waals surface area (Å²) in [5, 5.41) is 0.425. The van der Waals surface area contributed by atoms with Gasteiger partial charge in [0.25, 0.3) is 0 Å². The van der Waals surface area contributed by atoms with Crippen molar-refractivity contribution in [3.63, 3.8) is 0 Å². The Morgan fingerprint density at radius 2 is 1.83 bits per heavy atom. The van der Waals surface area contributed by atoms with E-state index in [1.807, 2.05) is 0 Å². The number of hydrogen-bond donors (Lipinski definition) is 1. The van der Waals surface area contributed by atoms with Gasteiger partial charge in [0, 0.05) is 16.6 Å². The van der Waals surface area contributed by atoms with Crippen molar-refractivity contribution in [1.82, 2.24) is 4.72 Å². The molecule has 0 spiro atoms. The first kappa shape index (κ1) is 18.6. The smallest absolute Gasteiger partial charge is 0.216 e. The molecule has 24 heavy (non-hydrogen) atoms. The van der Waals surface area contributed by atoms with Crippen molar-refractivity contribution in [1.29, 1.82) is 0 Å². The Morgan fingerprint density at radius 3 is 2.46 bits per heavy atom. The maximum Gasteiger partial charge on any atom is 0.216 e. The van der Waals surface area contributed by atoms with Crippen LogP contribution in [0, 0.1) is 0 Å². The zero-order valence-corrected chi connectivity index (χ0v) is 15.3. The number of nitrogens with one attached hydrogen (secondary N) is 1. The van der Waals surface area contributed by atoms with Crippen molar-refractivity contribution in [2.24, 2.45) is 0 Å². The van der Waals surface area contributed by atoms with Crippen LogP contribution in [0.5, 0.6) is 11.5 Å². The summed E-state index contributed by atoms with van der Waals surface area (Å²) in [6.07, 6.45) is 0. The molecular formula is C17H20ClNO4S. The Hall–Kier alpha value is -1.76. The minimum Gasteiger partial charge on any atom is -0.497 e. The first-order valence-corrected chi connectivity index (χ1v) is 9.34. The lowest BCUT2D eigenvalue weighted by atomic mass is 10.1. The molecule has 2 rings (SSSR count). The average molecular weight is 370 g/mol. The highest BCUT2D eigenvalue weighted by Crippen LogP contribution is 2.30. The van der Waals surface area contributed by atoms with Crippen LogP contribution in [0.2, 0.25) is 5.02 Å². The molecule has 0 aliphatic heterocycles. The van der Waals surface area contributed by atoms with E-state index in [4.69, 9.17) is 21.1 Å². The van der Waals surface area contributed by atoms with E-state index < -0.39 is 16.1 Å². The fourth-order valence-corrected chi connectivity index (χ4v) is 4.06. The van der Waals surface area contributed by atoms with E-state index in [0.717, 1.165) is 0 Å². The summed E-state index contributed by atoms with van der Waals surface area (Å²) in [7, 11) is -0.489. The van der Waals surface area contributed by atoms with Crippen molar-refractivity contribution in [3.05, 3.63) is 58.6 Å². The first-order chi connectivity index (χ1) is 11.4. The fourth-order valence-electron chi connectivity index (χ4n) is 2.37. The van der Waals surface area contributed by atoms with Gasteiger partial charge in [-0.1, -0.05) is 29.8 Å². The predicted octanol–water partition coefficient (Wildman–Crippen LogP) is 3.54. The minimum atomic E-state index is -3.58. The summed E-state index contributed by atoms with van der Waals surface area (Å²) >= 11 is 6.04. The van der Waals surface area contributed by atoms with Gasteiger partial charge in [-0.15, -0.1) is 0 Å². The molecule has 130 valence electrons. The van der Waals surface area contributed by atoms with Crippen molar-refractivity contribution >= 4 is 21.6 Å². The van der Waals surface area contributed by atoms with Crippen LogP contribution in [0.15, 0.2) is 42.5 Å². The van der Waals surface area contributed by atoms with Gasteiger partial charge in [-0.3, -0.25) is 0 Å². The summed E-state index contributed by atoms with van der Waals surface area (Å²) in [4.78, 5) is 0. The number of rotatable bonds is 7. The second-order valence-corrected chi connectivity index (χ2v) is 7.46. The van der Waals surface area contributed by atoms with Gasteiger partial charge in [-0.2, -0.15) is 0 Å². The topological polar surface area (TPSA) is 64.6 Å². The molecule has 1 N–H and O–H groups in total. The van der Waals surface area contributed by atoms with E-state index in [-0.39, 0.29) is 5.75 Å². The molecule has 7 heteroatoms. The molecule has 0 heterocycles. The Kier molecular flexibility index (Phi) is 6.10. The fraction of sp³-hybridized carbons (Fsp3) is 0.294. The SMILES string of the molecule is COc1ccc(OC)c([C@H](C)NS(=O)(=O)Cc2ccccc2Cl)c1. The lowest BCUT2D eigenvalue weighted by Crippen LogP contribution is -2.28. The molecule has 0 saturated heterocycles. The van der Waals surface area contributed by atoms with Crippen LogP contribution >= 0.6 is 11.6 Å². The Balaban J connectivity index is 2.22. The van der Waals surface area contributed by atoms with Gasteiger partial charge in [0.15, 0.2) is 0 Å². The van der Waals surface area contributed by atoms with Gasteiger partial charge in [0.2, 0.25) is 10.0 Å². The van der Waals surface area contributed by atoms with E-state index in [2.05, 4.69) is 4.72 Å². The predicted molar refractivity (Wildman–Crippen MR) is 95.2 cm³/mol. The van der Waals surface area contributed by atoms with E-state index in [1.165, 1.54) is 7.11 Å². The number of ether oxygens (including phenoxy) is 2. The van der Waals surface area contributed by atoms with Crippen LogP contribution in [-0.4, -0.2) is 22.6 Å². The van der Waals surface area contributed by atoms with Crippen LogP contribution in [-0.2, 0) is 15.8 Å². The summed E-state index contributed by atoms with van der Waals surface area (Å²) in [6, 6.07) is 11.6. The number of benzene rings is 2. The minimum absolute atomic E-state index is 0.191. The third-order valence-electron chi connectivity index (χ3n) is 3.56. The molecule has 1 atom stereocenters.